The first-order chi connectivity index (χ1) is 9.22. The van der Waals surface area contributed by atoms with E-state index in [2.05, 4.69) is 15.1 Å². The molecule has 0 spiro atoms. The number of hydrogen-bond acceptors (Lipinski definition) is 5. The van der Waals surface area contributed by atoms with Gasteiger partial charge in [0.05, 0.1) is 5.52 Å². The molecule has 2 heterocycles. The van der Waals surface area contributed by atoms with Crippen molar-refractivity contribution in [3.8, 4) is 11.4 Å². The minimum atomic E-state index is -1.00. The number of aromatic nitrogens is 3. The highest BCUT2D eigenvalue weighted by molar-refractivity contribution is 5.83. The molecule has 3 rings (SSSR count). The lowest BCUT2D eigenvalue weighted by Crippen LogP contribution is -1.99. The zero-order valence-electron chi connectivity index (χ0n) is 9.78. The number of benzene rings is 1. The van der Waals surface area contributed by atoms with Crippen LogP contribution >= 0.6 is 0 Å². The highest BCUT2D eigenvalue weighted by atomic mass is 16.5. The molecule has 0 bridgehead atoms. The van der Waals surface area contributed by atoms with Gasteiger partial charge < -0.3 is 9.63 Å². The Labute approximate surface area is 107 Å². The molecule has 0 saturated carbocycles. The number of nitrogens with zero attached hydrogens (tertiary/aromatic N) is 3. The normalized spacial score (nSPS) is 10.7. The van der Waals surface area contributed by atoms with E-state index >= 15 is 0 Å². The second-order valence-corrected chi connectivity index (χ2v) is 3.99. The average Bonchev–Trinajstić information content (AvgIpc) is 2.86. The van der Waals surface area contributed by atoms with E-state index < -0.39 is 5.97 Å². The van der Waals surface area contributed by atoms with Crippen molar-refractivity contribution in [1.29, 1.82) is 0 Å². The molecule has 0 unspecified atom stereocenters. The Balaban J connectivity index is 1.99. The molecule has 0 aliphatic heterocycles. The van der Waals surface area contributed by atoms with E-state index in [9.17, 15) is 4.79 Å². The van der Waals surface area contributed by atoms with E-state index in [0.717, 1.165) is 16.5 Å². The van der Waals surface area contributed by atoms with Crippen LogP contribution in [0.15, 0.2) is 41.1 Å². The molecule has 0 radical (unpaired) electrons. The van der Waals surface area contributed by atoms with Gasteiger partial charge in [-0.05, 0) is 24.3 Å². The molecule has 0 fully saturated rings. The fourth-order valence-corrected chi connectivity index (χ4v) is 1.79. The van der Waals surface area contributed by atoms with E-state index in [1.807, 2.05) is 30.3 Å². The van der Waals surface area contributed by atoms with E-state index in [1.165, 1.54) is 0 Å². The van der Waals surface area contributed by atoms with Crippen molar-refractivity contribution in [3.63, 3.8) is 0 Å². The molecule has 6 nitrogen and oxygen atoms in total. The van der Waals surface area contributed by atoms with Crippen LogP contribution in [0.25, 0.3) is 22.3 Å². The molecule has 2 aromatic heterocycles. The summed E-state index contributed by atoms with van der Waals surface area (Å²) >= 11 is 0. The fraction of sp³-hybridized carbons (Fsp3) is 0.0769. The molecular formula is C13H9N3O3. The summed E-state index contributed by atoms with van der Waals surface area (Å²) in [6, 6.07) is 9.35. The molecule has 1 N–H and O–H groups in total. The lowest BCUT2D eigenvalue weighted by atomic mass is 10.1. The first kappa shape index (κ1) is 11.3. The molecule has 94 valence electrons. The van der Waals surface area contributed by atoms with Crippen LogP contribution < -0.4 is 0 Å². The standard InChI is InChI=1S/C13H9N3O3/c17-12(18)7-11-15-13(16-19-11)9-3-4-10-8(6-9)2-1-5-14-10/h1-6H,7H2,(H,17,18). The summed E-state index contributed by atoms with van der Waals surface area (Å²) in [5.74, 6) is -0.534. The molecule has 0 saturated heterocycles. The second-order valence-electron chi connectivity index (χ2n) is 3.99. The van der Waals surface area contributed by atoms with Crippen molar-refractivity contribution < 1.29 is 14.4 Å². The number of hydrogen-bond donors (Lipinski definition) is 1. The minimum absolute atomic E-state index is 0.0915. The maximum Gasteiger partial charge on any atom is 0.312 e. The number of pyridine rings is 1. The molecule has 0 aliphatic rings. The van der Waals surface area contributed by atoms with Crippen molar-refractivity contribution >= 4 is 16.9 Å². The molecule has 1 aromatic carbocycles. The van der Waals surface area contributed by atoms with Gasteiger partial charge >= 0.3 is 5.97 Å². The van der Waals surface area contributed by atoms with Gasteiger partial charge in [-0.15, -0.1) is 0 Å². The summed E-state index contributed by atoms with van der Waals surface area (Å²) < 4.78 is 4.88. The first-order valence-corrected chi connectivity index (χ1v) is 5.62. The van der Waals surface area contributed by atoms with E-state index in [4.69, 9.17) is 9.63 Å². The zero-order valence-corrected chi connectivity index (χ0v) is 9.78. The second kappa shape index (κ2) is 4.49. The Bertz CT molecular complexity index is 751. The van der Waals surface area contributed by atoms with Crippen LogP contribution in [0.2, 0.25) is 0 Å². The van der Waals surface area contributed by atoms with Crippen LogP contribution in [0, 0.1) is 0 Å². The average molecular weight is 255 g/mol. The maximum absolute atomic E-state index is 10.6. The Morgan fingerprint density at radius 3 is 3.05 bits per heavy atom. The van der Waals surface area contributed by atoms with Crippen molar-refractivity contribution in [3.05, 3.63) is 42.4 Å². The van der Waals surface area contributed by atoms with Crippen LogP contribution in [-0.4, -0.2) is 26.2 Å². The highest BCUT2D eigenvalue weighted by Gasteiger charge is 2.11. The summed E-state index contributed by atoms with van der Waals surface area (Å²) in [5, 5.41) is 13.4. The van der Waals surface area contributed by atoms with Gasteiger partial charge in [0.1, 0.15) is 6.42 Å². The quantitative estimate of drug-likeness (QED) is 0.769. The monoisotopic (exact) mass is 255 g/mol. The Morgan fingerprint density at radius 2 is 2.21 bits per heavy atom. The smallest absolute Gasteiger partial charge is 0.312 e. The predicted molar refractivity (Wildman–Crippen MR) is 66.4 cm³/mol. The first-order valence-electron chi connectivity index (χ1n) is 5.62. The van der Waals surface area contributed by atoms with Crippen LogP contribution in [0.1, 0.15) is 5.89 Å². The Hall–Kier alpha value is -2.76. The molecule has 3 aromatic rings. The van der Waals surface area contributed by atoms with Gasteiger partial charge in [0.2, 0.25) is 11.7 Å². The maximum atomic E-state index is 10.6. The van der Waals surface area contributed by atoms with Crippen LogP contribution in [0.3, 0.4) is 0 Å². The van der Waals surface area contributed by atoms with Gasteiger partial charge in [0.25, 0.3) is 0 Å². The lowest BCUT2D eigenvalue weighted by molar-refractivity contribution is -0.136. The van der Waals surface area contributed by atoms with Gasteiger partial charge in [0.15, 0.2) is 0 Å². The van der Waals surface area contributed by atoms with E-state index in [-0.39, 0.29) is 12.3 Å². The van der Waals surface area contributed by atoms with Gasteiger partial charge in [-0.1, -0.05) is 11.2 Å². The summed E-state index contributed by atoms with van der Waals surface area (Å²) in [5.41, 5.74) is 1.64. The molecular weight excluding hydrogens is 246 g/mol. The van der Waals surface area contributed by atoms with Gasteiger partial charge in [-0.2, -0.15) is 4.98 Å². The van der Waals surface area contributed by atoms with Crippen LogP contribution in [-0.2, 0) is 11.2 Å². The number of carboxylic acids is 1. The number of carbonyl (C=O) groups is 1. The van der Waals surface area contributed by atoms with Crippen molar-refractivity contribution in [2.75, 3.05) is 0 Å². The molecule has 0 amide bonds. The minimum Gasteiger partial charge on any atom is -0.481 e. The summed E-state index contributed by atoms with van der Waals surface area (Å²) in [6.45, 7) is 0. The van der Waals surface area contributed by atoms with Crippen molar-refractivity contribution in [2.24, 2.45) is 0 Å². The van der Waals surface area contributed by atoms with Gasteiger partial charge in [-0.25, -0.2) is 0 Å². The number of aliphatic carboxylic acids is 1. The van der Waals surface area contributed by atoms with Crippen molar-refractivity contribution in [2.45, 2.75) is 6.42 Å². The summed E-state index contributed by atoms with van der Waals surface area (Å²) in [4.78, 5) is 18.8. The van der Waals surface area contributed by atoms with Crippen LogP contribution in [0.4, 0.5) is 0 Å². The Morgan fingerprint density at radius 1 is 1.32 bits per heavy atom. The number of carboxylic acid groups (broad SMARTS) is 1. The Kier molecular flexibility index (Phi) is 2.68. The third-order valence-corrected chi connectivity index (χ3v) is 2.63. The van der Waals surface area contributed by atoms with Crippen molar-refractivity contribution in [1.82, 2.24) is 15.1 Å². The number of rotatable bonds is 3. The lowest BCUT2D eigenvalue weighted by Gasteiger charge is -1.98. The summed E-state index contributed by atoms with van der Waals surface area (Å²) in [7, 11) is 0. The van der Waals surface area contributed by atoms with Gasteiger partial charge in [0, 0.05) is 17.1 Å². The highest BCUT2D eigenvalue weighted by Crippen LogP contribution is 2.21. The largest absolute Gasteiger partial charge is 0.481 e. The molecule has 6 heteroatoms. The number of fused-ring (bicyclic) bond motifs is 1. The van der Waals surface area contributed by atoms with Gasteiger partial charge in [-0.3, -0.25) is 9.78 Å². The molecule has 19 heavy (non-hydrogen) atoms. The zero-order chi connectivity index (χ0) is 13.2. The van der Waals surface area contributed by atoms with E-state index in [1.54, 1.807) is 6.20 Å². The summed E-state index contributed by atoms with van der Waals surface area (Å²) in [6.07, 6.45) is 1.45. The third-order valence-electron chi connectivity index (χ3n) is 2.63. The topological polar surface area (TPSA) is 89.1 Å². The molecule has 0 atom stereocenters. The SMILES string of the molecule is O=C(O)Cc1nc(-c2ccc3ncccc3c2)no1. The predicted octanol–water partition coefficient (Wildman–Crippen LogP) is 1.91. The molecule has 0 aliphatic carbocycles. The van der Waals surface area contributed by atoms with E-state index in [0.29, 0.717) is 5.82 Å². The third kappa shape index (κ3) is 2.28. The fourth-order valence-electron chi connectivity index (χ4n) is 1.79. The van der Waals surface area contributed by atoms with Crippen LogP contribution in [0.5, 0.6) is 0 Å².